The topological polar surface area (TPSA) is 81.7 Å². The van der Waals surface area contributed by atoms with Gasteiger partial charge in [-0.15, -0.1) is 0 Å². The van der Waals surface area contributed by atoms with Gasteiger partial charge in [-0.25, -0.2) is 9.18 Å². The van der Waals surface area contributed by atoms with Crippen LogP contribution in [0.25, 0.3) is 0 Å². The van der Waals surface area contributed by atoms with E-state index in [-0.39, 0.29) is 34.3 Å². The average molecular weight is 496 g/mol. The molecule has 3 rings (SSSR count). The first-order chi connectivity index (χ1) is 15.7. The van der Waals surface area contributed by atoms with Crippen molar-refractivity contribution in [1.82, 2.24) is 5.32 Å². The molecule has 33 heavy (non-hydrogen) atoms. The number of rotatable bonds is 7. The van der Waals surface area contributed by atoms with Crippen LogP contribution >= 0.6 is 23.4 Å². The van der Waals surface area contributed by atoms with E-state index in [1.54, 1.807) is 25.6 Å². The molecule has 1 aromatic rings. The number of benzene rings is 1. The predicted molar refractivity (Wildman–Crippen MR) is 125 cm³/mol. The van der Waals surface area contributed by atoms with Gasteiger partial charge in [0.25, 0.3) is 0 Å². The van der Waals surface area contributed by atoms with Crippen molar-refractivity contribution < 1.29 is 28.2 Å². The molecule has 0 saturated heterocycles. The standard InChI is InChI=1S/C24H27ClFNO5S/c1-5-33-10-9-32-24(30)18-13(3)27-16-11-12(2)17(23(29)31-4)22(28)20(16)21(18)19-14(25)7-6-8-15(19)26/h6-8,12,17,21,27H,5,9-11H2,1-4H3/t12-,17-,21+/m1/s1. The van der Waals surface area contributed by atoms with Gasteiger partial charge in [0.1, 0.15) is 18.3 Å². The SMILES string of the molecule is CCSCCOC(=O)C1=C(C)NC2=C(C(=O)[C@H](C(=O)OC)[C@H](C)C2)[C@@H]1c1c(F)cccc1Cl. The van der Waals surface area contributed by atoms with Gasteiger partial charge in [-0.2, -0.15) is 11.8 Å². The number of hydrogen-bond acceptors (Lipinski definition) is 7. The van der Waals surface area contributed by atoms with Crippen LogP contribution in [0.2, 0.25) is 5.02 Å². The molecule has 0 spiro atoms. The zero-order valence-corrected chi connectivity index (χ0v) is 20.6. The van der Waals surface area contributed by atoms with E-state index >= 15 is 4.39 Å². The molecule has 2 aliphatic rings. The first-order valence-corrected chi connectivity index (χ1v) is 12.3. The first-order valence-electron chi connectivity index (χ1n) is 10.7. The van der Waals surface area contributed by atoms with Crippen LogP contribution in [0, 0.1) is 17.7 Å². The Hall–Kier alpha value is -2.32. The fourth-order valence-corrected chi connectivity index (χ4v) is 5.20. The van der Waals surface area contributed by atoms with Gasteiger partial charge in [0, 0.05) is 33.3 Å². The predicted octanol–water partition coefficient (Wildman–Crippen LogP) is 4.39. The van der Waals surface area contributed by atoms with Crippen LogP contribution in [-0.2, 0) is 23.9 Å². The molecule has 1 aliphatic heterocycles. The van der Waals surface area contributed by atoms with Crippen LogP contribution < -0.4 is 5.32 Å². The van der Waals surface area contributed by atoms with Crippen molar-refractivity contribution in [2.75, 3.05) is 25.2 Å². The Bertz CT molecular complexity index is 1020. The highest BCUT2D eigenvalue weighted by molar-refractivity contribution is 7.99. The Morgan fingerprint density at radius 1 is 1.33 bits per heavy atom. The molecule has 0 bridgehead atoms. The largest absolute Gasteiger partial charge is 0.468 e. The third-order valence-corrected chi connectivity index (χ3v) is 7.11. The lowest BCUT2D eigenvalue weighted by atomic mass is 9.69. The highest BCUT2D eigenvalue weighted by Gasteiger charge is 2.48. The van der Waals surface area contributed by atoms with Crippen molar-refractivity contribution >= 4 is 41.1 Å². The maximum Gasteiger partial charge on any atom is 0.336 e. The number of carbonyl (C=O) groups excluding carboxylic acids is 3. The summed E-state index contributed by atoms with van der Waals surface area (Å²) in [5, 5.41) is 3.22. The molecular weight excluding hydrogens is 469 g/mol. The summed E-state index contributed by atoms with van der Waals surface area (Å²) in [5.41, 5.74) is 1.27. The van der Waals surface area contributed by atoms with E-state index in [2.05, 4.69) is 5.32 Å². The van der Waals surface area contributed by atoms with Gasteiger partial charge in [-0.05, 0) is 37.1 Å². The fourth-order valence-electron chi connectivity index (χ4n) is 4.44. The van der Waals surface area contributed by atoms with Gasteiger partial charge in [-0.3, -0.25) is 9.59 Å². The molecule has 0 saturated carbocycles. The van der Waals surface area contributed by atoms with E-state index in [9.17, 15) is 14.4 Å². The van der Waals surface area contributed by atoms with Crippen molar-refractivity contribution in [2.24, 2.45) is 11.8 Å². The van der Waals surface area contributed by atoms with Crippen molar-refractivity contribution in [3.63, 3.8) is 0 Å². The van der Waals surface area contributed by atoms with E-state index < -0.39 is 35.4 Å². The van der Waals surface area contributed by atoms with Gasteiger partial charge < -0.3 is 14.8 Å². The number of thioether (sulfide) groups is 1. The summed E-state index contributed by atoms with van der Waals surface area (Å²) in [7, 11) is 1.22. The van der Waals surface area contributed by atoms with E-state index in [4.69, 9.17) is 21.1 Å². The van der Waals surface area contributed by atoms with Crippen LogP contribution in [0.1, 0.15) is 38.7 Å². The lowest BCUT2D eigenvalue weighted by molar-refractivity contribution is -0.151. The van der Waals surface area contributed by atoms with E-state index in [0.717, 1.165) is 5.75 Å². The van der Waals surface area contributed by atoms with Gasteiger partial charge in [0.05, 0.1) is 18.6 Å². The smallest absolute Gasteiger partial charge is 0.336 e. The Balaban J connectivity index is 2.14. The molecule has 1 aliphatic carbocycles. The van der Waals surface area contributed by atoms with E-state index in [1.807, 2.05) is 6.92 Å². The first kappa shape index (κ1) is 25.3. The number of allylic oxidation sites excluding steroid dienone is 3. The molecule has 6 nitrogen and oxygen atoms in total. The van der Waals surface area contributed by atoms with Gasteiger partial charge in [-0.1, -0.05) is 31.5 Å². The summed E-state index contributed by atoms with van der Waals surface area (Å²) in [5.74, 6) is -3.48. The zero-order valence-electron chi connectivity index (χ0n) is 19.0. The van der Waals surface area contributed by atoms with Gasteiger partial charge in [0.2, 0.25) is 0 Å². The second-order valence-corrected chi connectivity index (χ2v) is 9.80. The van der Waals surface area contributed by atoms with Gasteiger partial charge in [0.15, 0.2) is 5.78 Å². The molecule has 0 radical (unpaired) electrons. The minimum absolute atomic E-state index is 0.00826. The summed E-state index contributed by atoms with van der Waals surface area (Å²) in [6, 6.07) is 4.19. The number of ether oxygens (including phenoxy) is 2. The monoisotopic (exact) mass is 495 g/mol. The summed E-state index contributed by atoms with van der Waals surface area (Å²) in [4.78, 5) is 39.2. The Kier molecular flexibility index (Phi) is 8.23. The number of methoxy groups -OCH3 is 1. The minimum atomic E-state index is -1.10. The number of hydrogen-bond donors (Lipinski definition) is 1. The molecule has 3 atom stereocenters. The molecule has 0 amide bonds. The molecule has 9 heteroatoms. The fraction of sp³-hybridized carbons (Fsp3) is 0.458. The lowest BCUT2D eigenvalue weighted by Gasteiger charge is -2.38. The lowest BCUT2D eigenvalue weighted by Crippen LogP contribution is -2.43. The number of esters is 2. The zero-order chi connectivity index (χ0) is 24.3. The van der Waals surface area contributed by atoms with Crippen molar-refractivity contribution in [2.45, 2.75) is 33.1 Å². The number of Topliss-reactive ketones (excluding diaryl/α,β-unsaturated/α-hetero) is 1. The number of carbonyl (C=O) groups is 3. The average Bonchev–Trinajstić information content (AvgIpc) is 2.75. The van der Waals surface area contributed by atoms with Crippen LogP contribution in [0.3, 0.4) is 0 Å². The van der Waals surface area contributed by atoms with Crippen LogP contribution in [-0.4, -0.2) is 42.9 Å². The minimum Gasteiger partial charge on any atom is -0.468 e. The van der Waals surface area contributed by atoms with Crippen molar-refractivity contribution in [3.8, 4) is 0 Å². The maximum absolute atomic E-state index is 15.1. The number of ketones is 1. The third kappa shape index (κ3) is 4.96. The second kappa shape index (κ2) is 10.7. The Morgan fingerprint density at radius 3 is 2.70 bits per heavy atom. The van der Waals surface area contributed by atoms with Gasteiger partial charge >= 0.3 is 11.9 Å². The maximum atomic E-state index is 15.1. The van der Waals surface area contributed by atoms with Crippen LogP contribution in [0.15, 0.2) is 40.7 Å². The van der Waals surface area contributed by atoms with E-state index in [0.29, 0.717) is 23.6 Å². The number of nitrogens with one attached hydrogen (secondary N) is 1. The van der Waals surface area contributed by atoms with Crippen LogP contribution in [0.5, 0.6) is 0 Å². The third-order valence-electron chi connectivity index (χ3n) is 5.92. The van der Waals surface area contributed by atoms with Crippen molar-refractivity contribution in [3.05, 3.63) is 57.1 Å². The molecule has 1 N–H and O–H groups in total. The molecule has 0 fully saturated rings. The molecule has 178 valence electrons. The number of halogens is 2. The Morgan fingerprint density at radius 2 is 2.06 bits per heavy atom. The molecule has 0 unspecified atom stereocenters. The molecule has 1 aromatic carbocycles. The summed E-state index contributed by atoms with van der Waals surface area (Å²) in [6.45, 7) is 5.64. The summed E-state index contributed by atoms with van der Waals surface area (Å²) in [6.07, 6.45) is 0.357. The second-order valence-electron chi connectivity index (χ2n) is 8.00. The van der Waals surface area contributed by atoms with Crippen molar-refractivity contribution in [1.29, 1.82) is 0 Å². The highest BCUT2D eigenvalue weighted by atomic mass is 35.5. The summed E-state index contributed by atoms with van der Waals surface area (Å²) < 4.78 is 25.5. The molecular formula is C24H27ClFNO5S. The normalized spacial score (nSPS) is 22.6. The van der Waals surface area contributed by atoms with E-state index in [1.165, 1.54) is 25.3 Å². The Labute approximate surface area is 201 Å². The quantitative estimate of drug-likeness (QED) is 0.341. The van der Waals surface area contributed by atoms with Crippen LogP contribution in [0.4, 0.5) is 4.39 Å². The number of dihydropyridines is 1. The molecule has 0 aromatic heterocycles. The molecule has 1 heterocycles. The highest BCUT2D eigenvalue weighted by Crippen LogP contribution is 2.47. The summed E-state index contributed by atoms with van der Waals surface area (Å²) >= 11 is 8.02.